The van der Waals surface area contributed by atoms with E-state index < -0.39 is 12.6 Å². The molecule has 0 bridgehead atoms. The van der Waals surface area contributed by atoms with E-state index >= 15 is 0 Å². The normalized spacial score (nSPS) is 14.4. The Morgan fingerprint density at radius 2 is 1.93 bits per heavy atom. The van der Waals surface area contributed by atoms with Gasteiger partial charge < -0.3 is 10.4 Å². The van der Waals surface area contributed by atoms with Crippen molar-refractivity contribution < 1.29 is 18.3 Å². The molecule has 1 atom stereocenters. The SMILES string of the molecule is CC(CCCC(F)(F)F)NCCCO. The molecule has 0 saturated carbocycles. The van der Waals surface area contributed by atoms with Crippen molar-refractivity contribution in [2.45, 2.75) is 44.8 Å². The fourth-order valence-corrected chi connectivity index (χ4v) is 1.14. The Kier molecular flexibility index (Phi) is 6.92. The zero-order valence-electron chi connectivity index (χ0n) is 8.40. The van der Waals surface area contributed by atoms with Crippen molar-refractivity contribution in [3.05, 3.63) is 0 Å². The van der Waals surface area contributed by atoms with Crippen molar-refractivity contribution in [3.63, 3.8) is 0 Å². The molecule has 0 amide bonds. The molecule has 2 nitrogen and oxygen atoms in total. The molecule has 0 spiro atoms. The number of nitrogens with one attached hydrogen (secondary N) is 1. The molecule has 14 heavy (non-hydrogen) atoms. The largest absolute Gasteiger partial charge is 0.396 e. The van der Waals surface area contributed by atoms with E-state index in [1.807, 2.05) is 6.92 Å². The first-order chi connectivity index (χ1) is 6.45. The summed E-state index contributed by atoms with van der Waals surface area (Å²) in [5, 5.41) is 11.5. The first kappa shape index (κ1) is 13.7. The van der Waals surface area contributed by atoms with Gasteiger partial charge in [0.25, 0.3) is 0 Å². The maximum atomic E-state index is 11.8. The fourth-order valence-electron chi connectivity index (χ4n) is 1.14. The van der Waals surface area contributed by atoms with Crippen molar-refractivity contribution in [3.8, 4) is 0 Å². The number of hydrogen-bond donors (Lipinski definition) is 2. The molecule has 86 valence electrons. The van der Waals surface area contributed by atoms with Crippen LogP contribution in [0, 0.1) is 0 Å². The highest BCUT2D eigenvalue weighted by atomic mass is 19.4. The second-order valence-electron chi connectivity index (χ2n) is 3.44. The van der Waals surface area contributed by atoms with Crippen LogP contribution in [0.3, 0.4) is 0 Å². The van der Waals surface area contributed by atoms with Crippen molar-refractivity contribution in [2.75, 3.05) is 13.2 Å². The van der Waals surface area contributed by atoms with Gasteiger partial charge in [-0.05, 0) is 32.7 Å². The van der Waals surface area contributed by atoms with Crippen LogP contribution in [0.4, 0.5) is 13.2 Å². The summed E-state index contributed by atoms with van der Waals surface area (Å²) >= 11 is 0. The van der Waals surface area contributed by atoms with Crippen molar-refractivity contribution in [2.24, 2.45) is 0 Å². The molecule has 1 unspecified atom stereocenters. The summed E-state index contributed by atoms with van der Waals surface area (Å²) in [6, 6.07) is 0.0869. The third-order valence-electron chi connectivity index (χ3n) is 1.93. The zero-order valence-corrected chi connectivity index (χ0v) is 8.40. The van der Waals surface area contributed by atoms with Gasteiger partial charge in [0, 0.05) is 19.1 Å². The lowest BCUT2D eigenvalue weighted by Crippen LogP contribution is -2.27. The average molecular weight is 213 g/mol. The molecule has 0 aliphatic heterocycles. The van der Waals surface area contributed by atoms with Gasteiger partial charge in [0.05, 0.1) is 0 Å². The van der Waals surface area contributed by atoms with Gasteiger partial charge in [-0.25, -0.2) is 0 Å². The van der Waals surface area contributed by atoms with Crippen LogP contribution in [0.5, 0.6) is 0 Å². The zero-order chi connectivity index (χ0) is 11.0. The van der Waals surface area contributed by atoms with E-state index in [0.717, 1.165) is 0 Å². The minimum atomic E-state index is -4.04. The van der Waals surface area contributed by atoms with Gasteiger partial charge in [0.1, 0.15) is 0 Å². The molecule has 0 aromatic carbocycles. The second kappa shape index (κ2) is 7.06. The highest BCUT2D eigenvalue weighted by molar-refractivity contribution is 4.62. The third kappa shape index (κ3) is 9.80. The fraction of sp³-hybridized carbons (Fsp3) is 1.00. The monoisotopic (exact) mass is 213 g/mol. The quantitative estimate of drug-likeness (QED) is 0.634. The van der Waals surface area contributed by atoms with E-state index in [9.17, 15) is 13.2 Å². The lowest BCUT2D eigenvalue weighted by Gasteiger charge is -2.13. The van der Waals surface area contributed by atoms with E-state index in [1.54, 1.807) is 0 Å². The molecule has 2 N–H and O–H groups in total. The van der Waals surface area contributed by atoms with E-state index in [1.165, 1.54) is 0 Å². The third-order valence-corrected chi connectivity index (χ3v) is 1.93. The first-order valence-corrected chi connectivity index (χ1v) is 4.86. The van der Waals surface area contributed by atoms with Gasteiger partial charge in [0.2, 0.25) is 0 Å². The molecule has 0 rings (SSSR count). The number of rotatable bonds is 7. The molecule has 0 saturated heterocycles. The summed E-state index contributed by atoms with van der Waals surface area (Å²) in [7, 11) is 0. The molecule has 0 heterocycles. The summed E-state index contributed by atoms with van der Waals surface area (Å²) in [6.45, 7) is 2.62. The van der Waals surface area contributed by atoms with Crippen molar-refractivity contribution in [1.82, 2.24) is 5.32 Å². The van der Waals surface area contributed by atoms with E-state index in [4.69, 9.17) is 5.11 Å². The van der Waals surface area contributed by atoms with E-state index in [0.29, 0.717) is 19.4 Å². The molecule has 0 radical (unpaired) electrons. The maximum absolute atomic E-state index is 11.8. The van der Waals surface area contributed by atoms with Gasteiger partial charge in [-0.2, -0.15) is 13.2 Å². The Hall–Kier alpha value is -0.290. The Labute approximate surface area is 82.5 Å². The highest BCUT2D eigenvalue weighted by Gasteiger charge is 2.26. The summed E-state index contributed by atoms with van der Waals surface area (Å²) in [5.74, 6) is 0. The molecule has 0 aliphatic carbocycles. The van der Waals surface area contributed by atoms with Crippen LogP contribution >= 0.6 is 0 Å². The molecule has 0 aromatic heterocycles. The number of hydrogen-bond acceptors (Lipinski definition) is 2. The minimum Gasteiger partial charge on any atom is -0.396 e. The molecule has 0 fully saturated rings. The van der Waals surface area contributed by atoms with Gasteiger partial charge in [-0.3, -0.25) is 0 Å². The topological polar surface area (TPSA) is 32.3 Å². The molecular weight excluding hydrogens is 195 g/mol. The summed E-state index contributed by atoms with van der Waals surface area (Å²) in [6.07, 6.45) is -3.42. The Morgan fingerprint density at radius 3 is 2.43 bits per heavy atom. The molecule has 0 aromatic rings. The van der Waals surface area contributed by atoms with Crippen molar-refractivity contribution >= 4 is 0 Å². The number of aliphatic hydroxyl groups excluding tert-OH is 1. The van der Waals surface area contributed by atoms with E-state index in [2.05, 4.69) is 5.32 Å². The predicted octanol–water partition coefficient (Wildman–Crippen LogP) is 2.08. The average Bonchev–Trinajstić information content (AvgIpc) is 2.02. The highest BCUT2D eigenvalue weighted by Crippen LogP contribution is 2.22. The molecular formula is C9H18F3NO. The number of aliphatic hydroxyl groups is 1. The Morgan fingerprint density at radius 1 is 1.29 bits per heavy atom. The standard InChI is InChI=1S/C9H18F3NO/c1-8(13-6-3-7-14)4-2-5-9(10,11)12/h8,13-14H,2-7H2,1H3. The maximum Gasteiger partial charge on any atom is 0.389 e. The molecule has 0 aliphatic rings. The van der Waals surface area contributed by atoms with Crippen LogP contribution in [-0.4, -0.2) is 30.5 Å². The summed E-state index contributed by atoms with van der Waals surface area (Å²) < 4.78 is 35.3. The number of alkyl halides is 3. The van der Waals surface area contributed by atoms with Crippen LogP contribution in [0.15, 0.2) is 0 Å². The van der Waals surface area contributed by atoms with E-state index in [-0.39, 0.29) is 19.1 Å². The molecule has 5 heteroatoms. The van der Waals surface area contributed by atoms with Crippen molar-refractivity contribution in [1.29, 1.82) is 0 Å². The summed E-state index contributed by atoms with van der Waals surface area (Å²) in [4.78, 5) is 0. The van der Waals surface area contributed by atoms with Gasteiger partial charge in [-0.15, -0.1) is 0 Å². The predicted molar refractivity (Wildman–Crippen MR) is 49.1 cm³/mol. The smallest absolute Gasteiger partial charge is 0.389 e. The van der Waals surface area contributed by atoms with Crippen LogP contribution in [-0.2, 0) is 0 Å². The lowest BCUT2D eigenvalue weighted by atomic mass is 10.1. The van der Waals surface area contributed by atoms with Gasteiger partial charge in [-0.1, -0.05) is 0 Å². The summed E-state index contributed by atoms with van der Waals surface area (Å²) in [5.41, 5.74) is 0. The lowest BCUT2D eigenvalue weighted by molar-refractivity contribution is -0.135. The minimum absolute atomic E-state index is 0.0869. The van der Waals surface area contributed by atoms with Gasteiger partial charge in [0.15, 0.2) is 0 Å². The Bertz CT molecular complexity index is 139. The van der Waals surface area contributed by atoms with Gasteiger partial charge >= 0.3 is 6.18 Å². The van der Waals surface area contributed by atoms with Crippen LogP contribution in [0.2, 0.25) is 0 Å². The van der Waals surface area contributed by atoms with Crippen LogP contribution < -0.4 is 5.32 Å². The van der Waals surface area contributed by atoms with Crippen LogP contribution in [0.25, 0.3) is 0 Å². The Balaban J connectivity index is 3.31. The van der Waals surface area contributed by atoms with Crippen LogP contribution in [0.1, 0.15) is 32.6 Å². The second-order valence-corrected chi connectivity index (χ2v) is 3.44. The first-order valence-electron chi connectivity index (χ1n) is 4.86. The number of halogens is 3.